The zero-order chi connectivity index (χ0) is 17.5. The summed E-state index contributed by atoms with van der Waals surface area (Å²) >= 11 is 0. The van der Waals surface area contributed by atoms with Crippen LogP contribution in [-0.2, 0) is 4.79 Å². The number of hydrogen-bond acceptors (Lipinski definition) is 2. The van der Waals surface area contributed by atoms with E-state index in [1.807, 2.05) is 54.6 Å². The highest BCUT2D eigenvalue weighted by Gasteiger charge is 1.99. The van der Waals surface area contributed by atoms with Crippen molar-refractivity contribution in [3.05, 3.63) is 96.3 Å². The summed E-state index contributed by atoms with van der Waals surface area (Å²) < 4.78 is 12.8. The Labute approximate surface area is 145 Å². The summed E-state index contributed by atoms with van der Waals surface area (Å²) in [6.45, 7) is 0. The van der Waals surface area contributed by atoms with Crippen LogP contribution in [0.1, 0.15) is 5.56 Å². The first-order valence-corrected chi connectivity index (χ1v) is 7.86. The molecule has 0 unspecified atom stereocenters. The molecule has 0 aromatic heterocycles. The fraction of sp³-hybridized carbons (Fsp3) is 0. The number of anilines is 3. The molecule has 0 fully saturated rings. The van der Waals surface area contributed by atoms with Crippen LogP contribution in [0.3, 0.4) is 0 Å². The van der Waals surface area contributed by atoms with E-state index in [0.717, 1.165) is 16.9 Å². The molecular formula is C21H17FN2O. The van der Waals surface area contributed by atoms with Gasteiger partial charge in [-0.1, -0.05) is 30.3 Å². The van der Waals surface area contributed by atoms with Crippen molar-refractivity contribution in [1.82, 2.24) is 0 Å². The molecule has 1 amide bonds. The van der Waals surface area contributed by atoms with Gasteiger partial charge in [-0.15, -0.1) is 0 Å². The van der Waals surface area contributed by atoms with Crippen LogP contribution in [0, 0.1) is 5.82 Å². The summed E-state index contributed by atoms with van der Waals surface area (Å²) in [5.74, 6) is -0.543. The smallest absolute Gasteiger partial charge is 0.248 e. The van der Waals surface area contributed by atoms with Crippen molar-refractivity contribution in [3.8, 4) is 0 Å². The molecule has 0 radical (unpaired) electrons. The van der Waals surface area contributed by atoms with Gasteiger partial charge in [0.1, 0.15) is 5.82 Å². The third-order valence-electron chi connectivity index (χ3n) is 3.51. The molecule has 25 heavy (non-hydrogen) atoms. The number of rotatable bonds is 5. The van der Waals surface area contributed by atoms with Crippen molar-refractivity contribution < 1.29 is 9.18 Å². The Morgan fingerprint density at radius 1 is 0.760 bits per heavy atom. The van der Waals surface area contributed by atoms with Crippen LogP contribution >= 0.6 is 0 Å². The largest absolute Gasteiger partial charge is 0.356 e. The molecule has 0 aliphatic heterocycles. The molecule has 4 heteroatoms. The van der Waals surface area contributed by atoms with Crippen molar-refractivity contribution in [2.45, 2.75) is 0 Å². The van der Waals surface area contributed by atoms with Gasteiger partial charge in [0.05, 0.1) is 0 Å². The molecular weight excluding hydrogens is 315 g/mol. The molecule has 3 aromatic rings. The molecule has 0 atom stereocenters. The van der Waals surface area contributed by atoms with Gasteiger partial charge in [0.2, 0.25) is 5.91 Å². The lowest BCUT2D eigenvalue weighted by Gasteiger charge is -2.07. The summed E-state index contributed by atoms with van der Waals surface area (Å²) in [7, 11) is 0. The number of hydrogen-bond donors (Lipinski definition) is 2. The molecule has 0 aliphatic rings. The Kier molecular flexibility index (Phi) is 5.22. The van der Waals surface area contributed by atoms with Crippen LogP contribution in [0.2, 0.25) is 0 Å². The van der Waals surface area contributed by atoms with Gasteiger partial charge in [-0.05, 0) is 60.2 Å². The lowest BCUT2D eigenvalue weighted by Crippen LogP contribution is -2.07. The van der Waals surface area contributed by atoms with Gasteiger partial charge in [0.15, 0.2) is 0 Å². The maximum Gasteiger partial charge on any atom is 0.248 e. The highest BCUT2D eigenvalue weighted by atomic mass is 19.1. The Bertz CT molecular complexity index is 857. The number of halogens is 1. The molecule has 0 saturated heterocycles. The Morgan fingerprint density at radius 3 is 2.04 bits per heavy atom. The van der Waals surface area contributed by atoms with Crippen LogP contribution in [0.25, 0.3) is 6.08 Å². The van der Waals surface area contributed by atoms with Crippen LogP contribution < -0.4 is 10.6 Å². The zero-order valence-corrected chi connectivity index (χ0v) is 13.4. The van der Waals surface area contributed by atoms with Gasteiger partial charge in [0.25, 0.3) is 0 Å². The summed E-state index contributed by atoms with van der Waals surface area (Å²) in [5.41, 5.74) is 3.40. The Hall–Kier alpha value is -3.40. The van der Waals surface area contributed by atoms with Crippen molar-refractivity contribution in [1.29, 1.82) is 0 Å². The summed E-state index contributed by atoms with van der Waals surface area (Å²) in [4.78, 5) is 11.9. The van der Waals surface area contributed by atoms with E-state index in [0.29, 0.717) is 5.69 Å². The highest BCUT2D eigenvalue weighted by molar-refractivity contribution is 6.02. The van der Waals surface area contributed by atoms with Gasteiger partial charge in [-0.3, -0.25) is 4.79 Å². The standard InChI is InChI=1S/C21H17FN2O/c22-17-9-6-16(7-10-17)8-15-21(25)24-20-13-11-19(12-14-20)23-18-4-2-1-3-5-18/h1-15,23H,(H,24,25)/b15-8+. The second kappa shape index (κ2) is 7.93. The predicted octanol–water partition coefficient (Wildman–Crippen LogP) is 5.22. The number of amides is 1. The number of para-hydroxylation sites is 1. The van der Waals surface area contributed by atoms with Gasteiger partial charge in [-0.25, -0.2) is 4.39 Å². The summed E-state index contributed by atoms with van der Waals surface area (Å²) in [5, 5.41) is 6.07. The van der Waals surface area contributed by atoms with E-state index in [1.54, 1.807) is 18.2 Å². The first-order chi connectivity index (χ1) is 12.2. The van der Waals surface area contributed by atoms with Gasteiger partial charge in [-0.2, -0.15) is 0 Å². The molecule has 0 bridgehead atoms. The fourth-order valence-corrected chi connectivity index (χ4v) is 2.25. The van der Waals surface area contributed by atoms with E-state index in [4.69, 9.17) is 0 Å². The van der Waals surface area contributed by atoms with Crippen molar-refractivity contribution >= 4 is 29.0 Å². The van der Waals surface area contributed by atoms with Crippen LogP contribution in [0.5, 0.6) is 0 Å². The number of benzene rings is 3. The van der Waals surface area contributed by atoms with Crippen molar-refractivity contribution in [2.75, 3.05) is 10.6 Å². The molecule has 124 valence electrons. The van der Waals surface area contributed by atoms with E-state index >= 15 is 0 Å². The summed E-state index contributed by atoms with van der Waals surface area (Å²) in [6.07, 6.45) is 3.06. The van der Waals surface area contributed by atoms with Crippen LogP contribution in [0.4, 0.5) is 21.5 Å². The van der Waals surface area contributed by atoms with E-state index in [-0.39, 0.29) is 11.7 Å². The molecule has 0 spiro atoms. The van der Waals surface area contributed by atoms with E-state index in [9.17, 15) is 9.18 Å². The second-order valence-corrected chi connectivity index (χ2v) is 5.44. The van der Waals surface area contributed by atoms with Crippen molar-refractivity contribution in [2.24, 2.45) is 0 Å². The minimum Gasteiger partial charge on any atom is -0.356 e. The zero-order valence-electron chi connectivity index (χ0n) is 13.4. The maximum atomic E-state index is 12.8. The molecule has 3 nitrogen and oxygen atoms in total. The average Bonchev–Trinajstić information content (AvgIpc) is 2.64. The lowest BCUT2D eigenvalue weighted by atomic mass is 10.2. The Balaban J connectivity index is 1.57. The monoisotopic (exact) mass is 332 g/mol. The quantitative estimate of drug-likeness (QED) is 0.629. The van der Waals surface area contributed by atoms with Crippen LogP contribution in [0.15, 0.2) is 84.9 Å². The lowest BCUT2D eigenvalue weighted by molar-refractivity contribution is -0.111. The number of nitrogens with one attached hydrogen (secondary N) is 2. The SMILES string of the molecule is O=C(/C=C/c1ccc(F)cc1)Nc1ccc(Nc2ccccc2)cc1. The Morgan fingerprint density at radius 2 is 1.36 bits per heavy atom. The summed E-state index contributed by atoms with van der Waals surface area (Å²) in [6, 6.07) is 23.2. The first kappa shape index (κ1) is 16.5. The van der Waals surface area contributed by atoms with E-state index in [1.165, 1.54) is 18.2 Å². The minimum atomic E-state index is -0.300. The predicted molar refractivity (Wildman–Crippen MR) is 100 cm³/mol. The van der Waals surface area contributed by atoms with E-state index in [2.05, 4.69) is 10.6 Å². The second-order valence-electron chi connectivity index (χ2n) is 5.44. The van der Waals surface area contributed by atoms with E-state index < -0.39 is 0 Å². The molecule has 0 saturated carbocycles. The molecule has 0 heterocycles. The first-order valence-electron chi connectivity index (χ1n) is 7.86. The maximum absolute atomic E-state index is 12.8. The normalized spacial score (nSPS) is 10.6. The molecule has 2 N–H and O–H groups in total. The highest BCUT2D eigenvalue weighted by Crippen LogP contribution is 2.18. The third kappa shape index (κ3) is 5.04. The molecule has 3 aromatic carbocycles. The fourth-order valence-electron chi connectivity index (χ4n) is 2.25. The minimum absolute atomic E-state index is 0.243. The average molecular weight is 332 g/mol. The molecule has 3 rings (SSSR count). The van der Waals surface area contributed by atoms with Gasteiger partial charge < -0.3 is 10.6 Å². The van der Waals surface area contributed by atoms with Gasteiger partial charge in [0, 0.05) is 23.1 Å². The molecule has 0 aliphatic carbocycles. The van der Waals surface area contributed by atoms with Crippen LogP contribution in [-0.4, -0.2) is 5.91 Å². The van der Waals surface area contributed by atoms with Crippen molar-refractivity contribution in [3.63, 3.8) is 0 Å². The number of carbonyl (C=O) groups is 1. The van der Waals surface area contributed by atoms with Gasteiger partial charge >= 0.3 is 0 Å². The number of carbonyl (C=O) groups excluding carboxylic acids is 1. The third-order valence-corrected chi connectivity index (χ3v) is 3.51. The topological polar surface area (TPSA) is 41.1 Å².